The number of fused-ring (bicyclic) bond motifs is 1. The number of anilines is 5. The molecule has 0 aliphatic carbocycles. The van der Waals surface area contributed by atoms with Crippen molar-refractivity contribution in [3.8, 4) is 0 Å². The average molecular weight is 930 g/mol. The maximum atomic E-state index is 14.1. The van der Waals surface area contributed by atoms with Crippen molar-refractivity contribution < 1.29 is 32.8 Å². The summed E-state index contributed by atoms with van der Waals surface area (Å²) in [6, 6.07) is 22.2. The fourth-order valence-corrected chi connectivity index (χ4v) is 9.54. The normalized spacial score (nSPS) is 18.4. The highest BCUT2D eigenvalue weighted by molar-refractivity contribution is 6.11. The minimum absolute atomic E-state index is 0.00879. The lowest BCUT2D eigenvalue weighted by Crippen LogP contribution is -2.49. The molecule has 1 aromatic heterocycles. The smallest absolute Gasteiger partial charge is 0.258 e. The molecule has 356 valence electrons. The highest BCUT2D eigenvalue weighted by Crippen LogP contribution is 2.30. The van der Waals surface area contributed by atoms with Crippen molar-refractivity contribution in [1.29, 1.82) is 0 Å². The number of hydrogen-bond donors (Lipinski definition) is 5. The number of aromatic amines is 1. The molecule has 5 amide bonds. The van der Waals surface area contributed by atoms with Gasteiger partial charge in [0.25, 0.3) is 5.91 Å². The van der Waals surface area contributed by atoms with Gasteiger partial charge in [-0.05, 0) is 111 Å². The molecule has 0 bridgehead atoms. The van der Waals surface area contributed by atoms with Crippen molar-refractivity contribution in [3.63, 3.8) is 0 Å². The van der Waals surface area contributed by atoms with Gasteiger partial charge in [-0.25, -0.2) is 8.78 Å². The number of piperazine rings is 2. The number of imide groups is 1. The third-order valence-corrected chi connectivity index (χ3v) is 13.5. The Labute approximate surface area is 393 Å². The highest BCUT2D eigenvalue weighted by atomic mass is 19.1. The zero-order valence-electron chi connectivity index (χ0n) is 38.2. The predicted molar refractivity (Wildman–Crippen MR) is 257 cm³/mol. The van der Waals surface area contributed by atoms with Crippen molar-refractivity contribution >= 4 is 69.0 Å². The summed E-state index contributed by atoms with van der Waals surface area (Å²) in [6.45, 7) is 7.03. The molecule has 18 heteroatoms. The van der Waals surface area contributed by atoms with Crippen LogP contribution in [0.4, 0.5) is 37.3 Å². The molecule has 0 spiro atoms. The van der Waals surface area contributed by atoms with Crippen LogP contribution < -0.4 is 31.1 Å². The van der Waals surface area contributed by atoms with Crippen LogP contribution in [0.25, 0.3) is 10.9 Å². The van der Waals surface area contributed by atoms with Crippen LogP contribution in [0, 0.1) is 11.6 Å². The number of H-pyrrole nitrogens is 1. The summed E-state index contributed by atoms with van der Waals surface area (Å²) in [5.41, 5.74) is 5.93. The van der Waals surface area contributed by atoms with E-state index in [2.05, 4.69) is 53.2 Å². The Morgan fingerprint density at radius 1 is 0.691 bits per heavy atom. The summed E-state index contributed by atoms with van der Waals surface area (Å²) in [5, 5.41) is 20.3. The zero-order valence-corrected chi connectivity index (χ0v) is 38.2. The first-order valence-corrected chi connectivity index (χ1v) is 23.5. The van der Waals surface area contributed by atoms with E-state index >= 15 is 0 Å². The molecular formula is C50H57F2N11O5. The van der Waals surface area contributed by atoms with Gasteiger partial charge in [-0.1, -0.05) is 6.07 Å². The molecule has 0 saturated carbocycles. The van der Waals surface area contributed by atoms with Crippen molar-refractivity contribution in [2.24, 2.45) is 0 Å². The number of hydrogen-bond acceptors (Lipinski definition) is 11. The fourth-order valence-electron chi connectivity index (χ4n) is 9.54. The van der Waals surface area contributed by atoms with Crippen LogP contribution in [-0.4, -0.2) is 139 Å². The minimum Gasteiger partial charge on any atom is -0.381 e. The first-order chi connectivity index (χ1) is 32.9. The Bertz CT molecular complexity index is 2650. The number of benzene rings is 4. The SMILES string of the molecule is CN1CCN(c2ccc(C(=O)Nc3n[nH]c4ccc(Cc5cc(F)cc(F)c5)cc34)c(NC3CCN(C(=O)CCC(=O)N4CCN(c5ccc(NC6CCC(=O)NC6=O)cc5)CC4)CC3)c2)CC1. The first kappa shape index (κ1) is 46.0. The van der Waals surface area contributed by atoms with Gasteiger partial charge in [0.05, 0.1) is 11.1 Å². The second-order valence-corrected chi connectivity index (χ2v) is 18.2. The summed E-state index contributed by atoms with van der Waals surface area (Å²) in [7, 11) is 2.11. The molecule has 5 heterocycles. The molecule has 1 unspecified atom stereocenters. The molecule has 16 nitrogen and oxygen atoms in total. The maximum absolute atomic E-state index is 14.1. The number of halogens is 2. The molecule has 0 radical (unpaired) electrons. The number of piperidine rings is 2. The Balaban J connectivity index is 0.774. The van der Waals surface area contributed by atoms with Crippen molar-refractivity contribution in [2.75, 3.05) is 98.2 Å². The lowest BCUT2D eigenvalue weighted by atomic mass is 10.0. The van der Waals surface area contributed by atoms with Crippen LogP contribution in [-0.2, 0) is 25.6 Å². The summed E-state index contributed by atoms with van der Waals surface area (Å²) in [5.74, 6) is -1.94. The molecule has 5 N–H and O–H groups in total. The van der Waals surface area contributed by atoms with E-state index in [1.165, 1.54) is 12.1 Å². The van der Waals surface area contributed by atoms with E-state index < -0.39 is 17.7 Å². The van der Waals surface area contributed by atoms with E-state index in [0.717, 1.165) is 54.9 Å². The van der Waals surface area contributed by atoms with Gasteiger partial charge in [0.2, 0.25) is 23.6 Å². The van der Waals surface area contributed by atoms with Crippen molar-refractivity contribution in [2.45, 2.75) is 57.0 Å². The molecule has 4 fully saturated rings. The van der Waals surface area contributed by atoms with Gasteiger partial charge < -0.3 is 40.4 Å². The fraction of sp³-hybridized carbons (Fsp3) is 0.400. The number of likely N-dealkylation sites (tertiary alicyclic amines) is 1. The van der Waals surface area contributed by atoms with Crippen LogP contribution in [0.3, 0.4) is 0 Å². The molecule has 4 aromatic carbocycles. The number of likely N-dealkylation sites (N-methyl/N-ethyl adjacent to an activating group) is 1. The summed E-state index contributed by atoms with van der Waals surface area (Å²) < 4.78 is 27.9. The van der Waals surface area contributed by atoms with E-state index in [-0.39, 0.29) is 48.4 Å². The maximum Gasteiger partial charge on any atom is 0.258 e. The van der Waals surface area contributed by atoms with Crippen LogP contribution >= 0.6 is 0 Å². The second-order valence-electron chi connectivity index (χ2n) is 18.2. The third-order valence-electron chi connectivity index (χ3n) is 13.5. The molecule has 4 saturated heterocycles. The van der Waals surface area contributed by atoms with E-state index in [4.69, 9.17) is 0 Å². The number of nitrogens with zero attached hydrogens (tertiary/aromatic N) is 6. The zero-order chi connectivity index (χ0) is 47.3. The average Bonchev–Trinajstić information content (AvgIpc) is 3.73. The van der Waals surface area contributed by atoms with Crippen molar-refractivity contribution in [1.82, 2.24) is 30.2 Å². The number of amides is 5. The molecular weight excluding hydrogens is 873 g/mol. The summed E-state index contributed by atoms with van der Waals surface area (Å²) >= 11 is 0. The topological polar surface area (TPSA) is 178 Å². The van der Waals surface area contributed by atoms with Gasteiger partial charge in [-0.3, -0.25) is 34.4 Å². The predicted octanol–water partition coefficient (Wildman–Crippen LogP) is 5.19. The van der Waals surface area contributed by atoms with Gasteiger partial charge in [-0.2, -0.15) is 5.10 Å². The summed E-state index contributed by atoms with van der Waals surface area (Å²) in [6.07, 6.45) is 2.67. The van der Waals surface area contributed by atoms with Gasteiger partial charge in [0.1, 0.15) is 17.7 Å². The quantitative estimate of drug-likeness (QED) is 0.0984. The van der Waals surface area contributed by atoms with Crippen LogP contribution in [0.5, 0.6) is 0 Å². The van der Waals surface area contributed by atoms with Gasteiger partial charge in [0.15, 0.2) is 5.82 Å². The van der Waals surface area contributed by atoms with Gasteiger partial charge in [-0.15, -0.1) is 0 Å². The van der Waals surface area contributed by atoms with Gasteiger partial charge >= 0.3 is 0 Å². The molecule has 9 rings (SSSR count). The van der Waals surface area contributed by atoms with E-state index in [0.29, 0.717) is 105 Å². The number of carbonyl (C=O) groups is 5. The van der Waals surface area contributed by atoms with Crippen LogP contribution in [0.2, 0.25) is 0 Å². The van der Waals surface area contributed by atoms with Gasteiger partial charge in [0, 0.05) is 125 Å². The number of nitrogens with one attached hydrogen (secondary N) is 5. The van der Waals surface area contributed by atoms with E-state index in [1.54, 1.807) is 0 Å². The van der Waals surface area contributed by atoms with Crippen LogP contribution in [0.1, 0.15) is 60.0 Å². The Morgan fingerprint density at radius 2 is 1.34 bits per heavy atom. The first-order valence-electron chi connectivity index (χ1n) is 23.5. The third kappa shape index (κ3) is 11.0. The molecule has 5 aromatic rings. The standard InChI is InChI=1S/C50H57F2N11O5/c1-59-18-20-61(21-19-59)39-7-8-40(49(67)56-48-41-29-32(2-9-42(41)57-58-48)26-33-27-34(51)30-35(52)28-33)44(31-39)54-37-14-16-62(17-15-37)46(65)12-13-47(66)63-24-22-60(23-25-63)38-5-3-36(4-6-38)53-43-10-11-45(64)55-50(43)68/h2-9,27-31,37,43,53-54H,10-26H2,1H3,(H,55,64,68)(H2,56,57,58,67). The molecule has 1 atom stereocenters. The molecule has 68 heavy (non-hydrogen) atoms. The molecule has 4 aliphatic rings. The lowest BCUT2D eigenvalue weighted by Gasteiger charge is -2.36. The molecule has 4 aliphatic heterocycles. The Hall–Kier alpha value is -7.08. The summed E-state index contributed by atoms with van der Waals surface area (Å²) in [4.78, 5) is 74.9. The largest absolute Gasteiger partial charge is 0.381 e. The number of carbonyl (C=O) groups excluding carboxylic acids is 5. The number of rotatable bonds is 13. The minimum atomic E-state index is -0.642. The highest BCUT2D eigenvalue weighted by Gasteiger charge is 2.29. The monoisotopic (exact) mass is 929 g/mol. The van der Waals surface area contributed by atoms with E-state index in [1.807, 2.05) is 70.5 Å². The lowest BCUT2D eigenvalue weighted by molar-refractivity contribution is -0.137. The van der Waals surface area contributed by atoms with E-state index in [9.17, 15) is 32.8 Å². The number of aromatic nitrogens is 2. The Kier molecular flexibility index (Phi) is 13.8. The van der Waals surface area contributed by atoms with Crippen LogP contribution in [0.15, 0.2) is 78.9 Å². The van der Waals surface area contributed by atoms with Crippen molar-refractivity contribution in [3.05, 3.63) is 107 Å². The Morgan fingerprint density at radius 3 is 2.03 bits per heavy atom. The second kappa shape index (κ2) is 20.4.